The molecule has 0 amide bonds. The Labute approximate surface area is 127 Å². The third kappa shape index (κ3) is 3.76. The first kappa shape index (κ1) is 14.9. The quantitative estimate of drug-likeness (QED) is 0.859. The van der Waals surface area contributed by atoms with E-state index in [1.807, 2.05) is 60.7 Å². The number of carbonyl (C=O) groups is 1. The van der Waals surface area contributed by atoms with Gasteiger partial charge in [-0.3, -0.25) is 4.79 Å². The second-order valence-electron chi connectivity index (χ2n) is 4.19. The van der Waals surface area contributed by atoms with Crippen molar-refractivity contribution in [1.29, 1.82) is 0 Å². The van der Waals surface area contributed by atoms with E-state index < -0.39 is 11.9 Å². The first-order valence-electron chi connectivity index (χ1n) is 6.17. The minimum atomic E-state index is -0.482. The standard InChI is InChI=1S/C16H14O2S2/c17-11-14(18)15(12-7-3-1-4-8-12)20-16(19)13-9-5-2-6-10-13/h1-10,15,17H,11H2. The Balaban J connectivity index is 2.21. The maximum absolute atomic E-state index is 11.9. The molecule has 4 heteroatoms. The molecular formula is C16H14O2S2. The van der Waals surface area contributed by atoms with Crippen molar-refractivity contribution in [2.24, 2.45) is 0 Å². The van der Waals surface area contributed by atoms with Gasteiger partial charge in [0.2, 0.25) is 0 Å². The monoisotopic (exact) mass is 302 g/mol. The lowest BCUT2D eigenvalue weighted by atomic mass is 10.1. The van der Waals surface area contributed by atoms with E-state index >= 15 is 0 Å². The second-order valence-corrected chi connectivity index (χ2v) is 5.97. The highest BCUT2D eigenvalue weighted by Gasteiger charge is 2.22. The van der Waals surface area contributed by atoms with Crippen LogP contribution >= 0.6 is 24.0 Å². The Morgan fingerprint density at radius 3 is 2.15 bits per heavy atom. The number of hydrogen-bond donors (Lipinski definition) is 1. The van der Waals surface area contributed by atoms with E-state index in [1.165, 1.54) is 11.8 Å². The molecule has 2 aromatic carbocycles. The van der Waals surface area contributed by atoms with Crippen LogP contribution < -0.4 is 0 Å². The normalized spacial score (nSPS) is 11.8. The average Bonchev–Trinajstić information content (AvgIpc) is 2.53. The molecule has 0 aliphatic rings. The SMILES string of the molecule is O=C(CO)C(SC(=S)c1ccccc1)c1ccccc1. The molecule has 0 saturated carbocycles. The zero-order valence-corrected chi connectivity index (χ0v) is 12.4. The summed E-state index contributed by atoms with van der Waals surface area (Å²) in [5.41, 5.74) is 1.77. The lowest BCUT2D eigenvalue weighted by Crippen LogP contribution is -2.15. The van der Waals surface area contributed by atoms with E-state index in [1.54, 1.807) is 0 Å². The summed E-state index contributed by atoms with van der Waals surface area (Å²) in [6, 6.07) is 19.0. The molecule has 2 rings (SSSR count). The number of thiocarbonyl (C=S) groups is 1. The summed E-state index contributed by atoms with van der Waals surface area (Å²) < 4.78 is 0.654. The van der Waals surface area contributed by atoms with E-state index in [0.717, 1.165) is 11.1 Å². The molecule has 1 atom stereocenters. The number of rotatable bonds is 5. The van der Waals surface area contributed by atoms with Gasteiger partial charge in [0.1, 0.15) is 6.61 Å². The van der Waals surface area contributed by atoms with Gasteiger partial charge in [0, 0.05) is 0 Å². The minimum absolute atomic E-state index is 0.237. The molecule has 20 heavy (non-hydrogen) atoms. The molecule has 0 aliphatic heterocycles. The van der Waals surface area contributed by atoms with Gasteiger partial charge in [0.15, 0.2) is 5.78 Å². The zero-order chi connectivity index (χ0) is 14.4. The third-order valence-corrected chi connectivity index (χ3v) is 4.53. The Morgan fingerprint density at radius 1 is 1.05 bits per heavy atom. The van der Waals surface area contributed by atoms with Crippen LogP contribution in [-0.2, 0) is 4.79 Å². The number of Topliss-reactive ketones (excluding diaryl/α,β-unsaturated/α-hetero) is 1. The molecule has 0 spiro atoms. The van der Waals surface area contributed by atoms with Crippen molar-refractivity contribution in [1.82, 2.24) is 0 Å². The molecule has 0 heterocycles. The van der Waals surface area contributed by atoms with Gasteiger partial charge in [-0.05, 0) is 11.1 Å². The van der Waals surface area contributed by atoms with Crippen LogP contribution in [0, 0.1) is 0 Å². The smallest absolute Gasteiger partial charge is 0.175 e. The number of aliphatic hydroxyl groups excluding tert-OH is 1. The number of benzene rings is 2. The van der Waals surface area contributed by atoms with Gasteiger partial charge in [-0.15, -0.1) is 0 Å². The van der Waals surface area contributed by atoms with Crippen LogP contribution in [-0.4, -0.2) is 21.7 Å². The van der Waals surface area contributed by atoms with E-state index in [0.29, 0.717) is 4.20 Å². The topological polar surface area (TPSA) is 37.3 Å². The molecule has 0 aliphatic carbocycles. The Morgan fingerprint density at radius 2 is 1.60 bits per heavy atom. The molecule has 0 aromatic heterocycles. The van der Waals surface area contributed by atoms with E-state index in [-0.39, 0.29) is 5.78 Å². The first-order chi connectivity index (χ1) is 9.72. The van der Waals surface area contributed by atoms with Crippen molar-refractivity contribution in [3.8, 4) is 0 Å². The zero-order valence-electron chi connectivity index (χ0n) is 10.7. The first-order valence-corrected chi connectivity index (χ1v) is 7.45. The van der Waals surface area contributed by atoms with Gasteiger partial charge < -0.3 is 5.11 Å². The summed E-state index contributed by atoms with van der Waals surface area (Å²) in [4.78, 5) is 11.9. The number of hydrogen-bond acceptors (Lipinski definition) is 4. The van der Waals surface area contributed by atoms with Gasteiger partial charge >= 0.3 is 0 Å². The molecular weight excluding hydrogens is 288 g/mol. The van der Waals surface area contributed by atoms with Crippen LogP contribution in [0.1, 0.15) is 16.4 Å². The van der Waals surface area contributed by atoms with Crippen LogP contribution in [0.25, 0.3) is 0 Å². The maximum atomic E-state index is 11.9. The number of aliphatic hydroxyl groups is 1. The summed E-state index contributed by atoms with van der Waals surface area (Å²) in [5, 5.41) is 8.68. The van der Waals surface area contributed by atoms with Crippen molar-refractivity contribution >= 4 is 34.0 Å². The van der Waals surface area contributed by atoms with E-state index in [4.69, 9.17) is 17.3 Å². The Bertz CT molecular complexity index is 582. The summed E-state index contributed by atoms with van der Waals surface area (Å²) in [6.07, 6.45) is 0. The number of thioether (sulfide) groups is 1. The molecule has 0 bridgehead atoms. The van der Waals surface area contributed by atoms with Crippen molar-refractivity contribution in [2.45, 2.75) is 5.25 Å². The van der Waals surface area contributed by atoms with E-state index in [2.05, 4.69) is 0 Å². The van der Waals surface area contributed by atoms with Crippen LogP contribution in [0.2, 0.25) is 0 Å². The fraction of sp³-hybridized carbons (Fsp3) is 0.125. The summed E-state index contributed by atoms with van der Waals surface area (Å²) in [7, 11) is 0. The van der Waals surface area contributed by atoms with Gasteiger partial charge in [-0.25, -0.2) is 0 Å². The largest absolute Gasteiger partial charge is 0.389 e. The predicted octanol–water partition coefficient (Wildman–Crippen LogP) is 3.40. The van der Waals surface area contributed by atoms with Gasteiger partial charge in [0.25, 0.3) is 0 Å². The molecule has 1 N–H and O–H groups in total. The lowest BCUT2D eigenvalue weighted by molar-refractivity contribution is -0.121. The van der Waals surface area contributed by atoms with Gasteiger partial charge in [-0.1, -0.05) is 84.6 Å². The summed E-state index contributed by atoms with van der Waals surface area (Å²) >= 11 is 6.70. The molecule has 2 nitrogen and oxygen atoms in total. The fourth-order valence-electron chi connectivity index (χ4n) is 1.78. The molecule has 1 unspecified atom stereocenters. The lowest BCUT2D eigenvalue weighted by Gasteiger charge is -2.15. The minimum Gasteiger partial charge on any atom is -0.389 e. The van der Waals surface area contributed by atoms with Crippen molar-refractivity contribution < 1.29 is 9.90 Å². The Hall–Kier alpha value is -1.49. The van der Waals surface area contributed by atoms with Crippen LogP contribution in [0.15, 0.2) is 60.7 Å². The number of carbonyl (C=O) groups excluding carboxylic acids is 1. The highest BCUT2D eigenvalue weighted by molar-refractivity contribution is 8.24. The molecule has 2 aromatic rings. The van der Waals surface area contributed by atoms with Crippen LogP contribution in [0.4, 0.5) is 0 Å². The molecule has 0 fully saturated rings. The van der Waals surface area contributed by atoms with Crippen LogP contribution in [0.3, 0.4) is 0 Å². The molecule has 102 valence electrons. The summed E-state index contributed by atoms with van der Waals surface area (Å²) in [6.45, 7) is -0.482. The van der Waals surface area contributed by atoms with Crippen LogP contribution in [0.5, 0.6) is 0 Å². The average molecular weight is 302 g/mol. The molecule has 0 saturated heterocycles. The number of ketones is 1. The van der Waals surface area contributed by atoms with Crippen molar-refractivity contribution in [3.05, 3.63) is 71.8 Å². The third-order valence-electron chi connectivity index (χ3n) is 2.78. The Kier molecular flexibility index (Phi) is 5.47. The van der Waals surface area contributed by atoms with Crippen molar-refractivity contribution in [3.63, 3.8) is 0 Å². The summed E-state index contributed by atoms with van der Waals surface area (Å²) in [5.74, 6) is -0.237. The van der Waals surface area contributed by atoms with Crippen molar-refractivity contribution in [2.75, 3.05) is 6.61 Å². The van der Waals surface area contributed by atoms with Gasteiger partial charge in [-0.2, -0.15) is 0 Å². The fourth-order valence-corrected chi connectivity index (χ4v) is 3.19. The highest BCUT2D eigenvalue weighted by Crippen LogP contribution is 2.32. The second kappa shape index (κ2) is 7.33. The predicted molar refractivity (Wildman–Crippen MR) is 87.0 cm³/mol. The maximum Gasteiger partial charge on any atom is 0.175 e. The van der Waals surface area contributed by atoms with Gasteiger partial charge in [0.05, 0.1) is 9.45 Å². The van der Waals surface area contributed by atoms with E-state index in [9.17, 15) is 4.79 Å². The molecule has 0 radical (unpaired) electrons. The highest BCUT2D eigenvalue weighted by atomic mass is 32.2.